The predicted octanol–water partition coefficient (Wildman–Crippen LogP) is 4.77. The first-order valence-electron chi connectivity index (χ1n) is 7.19. The largest absolute Gasteiger partial charge is 0.493 e. The minimum Gasteiger partial charge on any atom is -0.493 e. The van der Waals surface area contributed by atoms with E-state index < -0.39 is 28.8 Å². The third-order valence-electron chi connectivity index (χ3n) is 3.28. The van der Waals surface area contributed by atoms with Gasteiger partial charge in [0.05, 0.1) is 17.7 Å². The van der Waals surface area contributed by atoms with Crippen LogP contribution in [0.2, 0.25) is 5.02 Å². The summed E-state index contributed by atoms with van der Waals surface area (Å²) in [5.41, 5.74) is -1.05. The summed E-state index contributed by atoms with van der Waals surface area (Å²) < 4.78 is 49.2. The minimum absolute atomic E-state index is 0.0304. The van der Waals surface area contributed by atoms with Crippen molar-refractivity contribution < 1.29 is 27.4 Å². The maximum Gasteiger partial charge on any atom is 0.417 e. The standard InChI is InChI=1S/C17H15ClF3NO3/c1-10(25-15-6-4-3-5-14(15)24-2)16(23)22-11-7-8-13(18)12(9-11)17(19,20)21/h3-10H,1-2H3,(H,22,23). The van der Waals surface area contributed by atoms with Crippen LogP contribution in [0.15, 0.2) is 42.5 Å². The van der Waals surface area contributed by atoms with E-state index in [1.807, 2.05) is 0 Å². The average Bonchev–Trinajstić information content (AvgIpc) is 2.56. The second kappa shape index (κ2) is 7.65. The first-order valence-corrected chi connectivity index (χ1v) is 7.57. The number of nitrogens with one attached hydrogen (secondary N) is 1. The highest BCUT2D eigenvalue weighted by molar-refractivity contribution is 6.31. The number of methoxy groups -OCH3 is 1. The number of hydrogen-bond donors (Lipinski definition) is 1. The molecule has 1 amide bonds. The van der Waals surface area contributed by atoms with Crippen LogP contribution in [0.1, 0.15) is 12.5 Å². The van der Waals surface area contributed by atoms with Gasteiger partial charge in [0.1, 0.15) is 0 Å². The molecular formula is C17H15ClF3NO3. The molecule has 0 saturated carbocycles. The van der Waals surface area contributed by atoms with E-state index in [-0.39, 0.29) is 5.69 Å². The quantitative estimate of drug-likeness (QED) is 0.821. The molecule has 0 saturated heterocycles. The van der Waals surface area contributed by atoms with Crippen molar-refractivity contribution in [3.05, 3.63) is 53.1 Å². The summed E-state index contributed by atoms with van der Waals surface area (Å²) in [6, 6.07) is 9.86. The van der Waals surface area contributed by atoms with Crippen LogP contribution in [0.4, 0.5) is 18.9 Å². The Bertz CT molecular complexity index is 765. The molecule has 1 N–H and O–H groups in total. The Morgan fingerprint density at radius 3 is 2.40 bits per heavy atom. The SMILES string of the molecule is COc1ccccc1OC(C)C(=O)Nc1ccc(Cl)c(C(F)(F)F)c1. The van der Waals surface area contributed by atoms with Crippen molar-refractivity contribution in [1.29, 1.82) is 0 Å². The van der Waals surface area contributed by atoms with Gasteiger partial charge in [0.2, 0.25) is 0 Å². The second-order valence-corrected chi connectivity index (χ2v) is 5.50. The Morgan fingerprint density at radius 2 is 1.80 bits per heavy atom. The number of amides is 1. The number of alkyl halides is 3. The Morgan fingerprint density at radius 1 is 1.16 bits per heavy atom. The van der Waals surface area contributed by atoms with E-state index in [0.29, 0.717) is 11.5 Å². The maximum atomic E-state index is 12.9. The molecule has 0 aromatic heterocycles. The number of anilines is 1. The topological polar surface area (TPSA) is 47.6 Å². The number of rotatable bonds is 5. The first-order chi connectivity index (χ1) is 11.7. The van der Waals surface area contributed by atoms with Gasteiger partial charge < -0.3 is 14.8 Å². The molecule has 2 aromatic rings. The lowest BCUT2D eigenvalue weighted by atomic mass is 10.2. The predicted molar refractivity (Wildman–Crippen MR) is 88.2 cm³/mol. The molecule has 0 aliphatic carbocycles. The van der Waals surface area contributed by atoms with E-state index in [0.717, 1.165) is 12.1 Å². The molecule has 0 aliphatic rings. The molecule has 0 fully saturated rings. The van der Waals surface area contributed by atoms with Crippen molar-refractivity contribution in [2.45, 2.75) is 19.2 Å². The highest BCUT2D eigenvalue weighted by Gasteiger charge is 2.33. The van der Waals surface area contributed by atoms with Crippen molar-refractivity contribution >= 4 is 23.2 Å². The Labute approximate surface area is 147 Å². The summed E-state index contributed by atoms with van der Waals surface area (Å²) in [6.07, 6.45) is -5.57. The van der Waals surface area contributed by atoms with Crippen LogP contribution in [0.5, 0.6) is 11.5 Å². The third kappa shape index (κ3) is 4.79. The van der Waals surface area contributed by atoms with Gasteiger partial charge in [0.25, 0.3) is 5.91 Å². The summed E-state index contributed by atoms with van der Waals surface area (Å²) >= 11 is 5.55. The fourth-order valence-corrected chi connectivity index (χ4v) is 2.25. The lowest BCUT2D eigenvalue weighted by Crippen LogP contribution is -2.30. The molecule has 0 radical (unpaired) electrons. The molecular weight excluding hydrogens is 359 g/mol. The fourth-order valence-electron chi connectivity index (χ4n) is 2.02. The van der Waals surface area contributed by atoms with Crippen LogP contribution in [-0.4, -0.2) is 19.1 Å². The monoisotopic (exact) mass is 373 g/mol. The van der Waals surface area contributed by atoms with Gasteiger partial charge in [0.15, 0.2) is 17.6 Å². The molecule has 1 atom stereocenters. The van der Waals surface area contributed by atoms with Crippen molar-refractivity contribution in [3.63, 3.8) is 0 Å². The second-order valence-electron chi connectivity index (χ2n) is 5.09. The Kier molecular flexibility index (Phi) is 5.79. The zero-order chi connectivity index (χ0) is 18.6. The maximum absolute atomic E-state index is 12.9. The highest BCUT2D eigenvalue weighted by atomic mass is 35.5. The molecule has 0 aliphatic heterocycles. The van der Waals surface area contributed by atoms with Gasteiger partial charge in [-0.05, 0) is 37.3 Å². The highest BCUT2D eigenvalue weighted by Crippen LogP contribution is 2.36. The number of benzene rings is 2. The van der Waals surface area contributed by atoms with E-state index in [2.05, 4.69) is 5.32 Å². The average molecular weight is 374 g/mol. The number of para-hydroxylation sites is 2. The summed E-state index contributed by atoms with van der Waals surface area (Å²) in [5, 5.41) is 1.93. The van der Waals surface area contributed by atoms with E-state index in [1.165, 1.54) is 20.1 Å². The van der Waals surface area contributed by atoms with Crippen LogP contribution in [0.3, 0.4) is 0 Å². The van der Waals surface area contributed by atoms with Gasteiger partial charge in [-0.3, -0.25) is 4.79 Å². The van der Waals surface area contributed by atoms with Gasteiger partial charge in [0, 0.05) is 5.69 Å². The third-order valence-corrected chi connectivity index (χ3v) is 3.61. The van der Waals surface area contributed by atoms with Crippen LogP contribution in [-0.2, 0) is 11.0 Å². The van der Waals surface area contributed by atoms with Gasteiger partial charge in [-0.15, -0.1) is 0 Å². The van der Waals surface area contributed by atoms with E-state index in [4.69, 9.17) is 21.1 Å². The normalized spacial score (nSPS) is 12.4. The van der Waals surface area contributed by atoms with Gasteiger partial charge in [-0.25, -0.2) is 0 Å². The smallest absolute Gasteiger partial charge is 0.417 e. The lowest BCUT2D eigenvalue weighted by Gasteiger charge is -2.17. The van der Waals surface area contributed by atoms with Crippen molar-refractivity contribution in [2.75, 3.05) is 12.4 Å². The van der Waals surface area contributed by atoms with Gasteiger partial charge in [-0.2, -0.15) is 13.2 Å². The Hall–Kier alpha value is -2.41. The minimum atomic E-state index is -4.61. The first kappa shape index (κ1) is 18.9. The van der Waals surface area contributed by atoms with E-state index >= 15 is 0 Å². The number of hydrogen-bond acceptors (Lipinski definition) is 3. The van der Waals surface area contributed by atoms with Crippen LogP contribution < -0.4 is 14.8 Å². The molecule has 0 spiro atoms. The molecule has 4 nitrogen and oxygen atoms in total. The molecule has 2 aromatic carbocycles. The zero-order valence-electron chi connectivity index (χ0n) is 13.4. The van der Waals surface area contributed by atoms with Gasteiger partial charge >= 0.3 is 6.18 Å². The fraction of sp³-hybridized carbons (Fsp3) is 0.235. The van der Waals surface area contributed by atoms with Crippen molar-refractivity contribution in [2.24, 2.45) is 0 Å². The van der Waals surface area contributed by atoms with Crippen LogP contribution >= 0.6 is 11.6 Å². The lowest BCUT2D eigenvalue weighted by molar-refractivity contribution is -0.137. The van der Waals surface area contributed by atoms with E-state index in [1.54, 1.807) is 24.3 Å². The number of ether oxygens (including phenoxy) is 2. The van der Waals surface area contributed by atoms with E-state index in [9.17, 15) is 18.0 Å². The Balaban J connectivity index is 2.11. The molecule has 0 bridgehead atoms. The summed E-state index contributed by atoms with van der Waals surface area (Å²) in [5.74, 6) is 0.175. The van der Waals surface area contributed by atoms with Crippen molar-refractivity contribution in [3.8, 4) is 11.5 Å². The van der Waals surface area contributed by atoms with Crippen LogP contribution in [0, 0.1) is 0 Å². The molecule has 2 rings (SSSR count). The molecule has 25 heavy (non-hydrogen) atoms. The summed E-state index contributed by atoms with van der Waals surface area (Å²) in [4.78, 5) is 12.2. The van der Waals surface area contributed by atoms with Crippen molar-refractivity contribution in [1.82, 2.24) is 0 Å². The molecule has 1 unspecified atom stereocenters. The summed E-state index contributed by atoms with van der Waals surface area (Å²) in [7, 11) is 1.46. The van der Waals surface area contributed by atoms with Crippen LogP contribution in [0.25, 0.3) is 0 Å². The molecule has 0 heterocycles. The number of carbonyl (C=O) groups is 1. The summed E-state index contributed by atoms with van der Waals surface area (Å²) in [6.45, 7) is 1.47. The molecule has 134 valence electrons. The van der Waals surface area contributed by atoms with Gasteiger partial charge in [-0.1, -0.05) is 23.7 Å². The zero-order valence-corrected chi connectivity index (χ0v) is 14.1. The number of carbonyl (C=O) groups excluding carboxylic acids is 1. The molecule has 8 heteroatoms. The number of halogens is 4.